The van der Waals surface area contributed by atoms with Gasteiger partial charge in [0.15, 0.2) is 0 Å². The maximum absolute atomic E-state index is 12.6. The smallest absolute Gasteiger partial charge is 0.340 e. The summed E-state index contributed by atoms with van der Waals surface area (Å²) < 4.78 is 35.0. The molecule has 0 bridgehead atoms. The van der Waals surface area contributed by atoms with Crippen molar-refractivity contribution in [2.45, 2.75) is 32.5 Å². The summed E-state index contributed by atoms with van der Waals surface area (Å²) in [5, 5.41) is 14.4. The summed E-state index contributed by atoms with van der Waals surface area (Å²) in [7, 11) is -3.83. The molecule has 0 unspecified atom stereocenters. The zero-order valence-corrected chi connectivity index (χ0v) is 15.7. The van der Waals surface area contributed by atoms with Gasteiger partial charge in [-0.15, -0.1) is 0 Å². The number of phenols is 1. The van der Waals surface area contributed by atoms with Gasteiger partial charge >= 0.3 is 5.97 Å². The lowest BCUT2D eigenvalue weighted by Gasteiger charge is -2.15. The minimum Gasteiger partial charge on any atom is -0.507 e. The van der Waals surface area contributed by atoms with Crippen molar-refractivity contribution in [3.63, 3.8) is 0 Å². The minimum atomic E-state index is -3.83. The van der Waals surface area contributed by atoms with Gasteiger partial charge in [-0.2, -0.15) is 8.42 Å². The maximum atomic E-state index is 12.6. The van der Waals surface area contributed by atoms with Gasteiger partial charge < -0.3 is 14.4 Å². The van der Waals surface area contributed by atoms with Gasteiger partial charge in [-0.3, -0.25) is 4.18 Å². The van der Waals surface area contributed by atoms with E-state index in [0.717, 1.165) is 11.8 Å². The van der Waals surface area contributed by atoms with E-state index >= 15 is 0 Å². The second-order valence-corrected chi connectivity index (χ2v) is 7.86. The molecule has 2 heterocycles. The first-order valence-electron chi connectivity index (χ1n) is 8.13. The highest BCUT2D eigenvalue weighted by Gasteiger charge is 2.42. The molecule has 0 saturated heterocycles. The topological polar surface area (TPSA) is 144 Å². The summed E-state index contributed by atoms with van der Waals surface area (Å²) >= 11 is 0. The fourth-order valence-corrected chi connectivity index (χ4v) is 4.09. The van der Waals surface area contributed by atoms with Crippen LogP contribution in [0.25, 0.3) is 21.3 Å². The molecule has 0 radical (unpaired) electrons. The van der Waals surface area contributed by atoms with Crippen molar-refractivity contribution in [1.82, 2.24) is 4.57 Å². The number of azide groups is 1. The first-order chi connectivity index (χ1) is 12.7. The summed E-state index contributed by atoms with van der Waals surface area (Å²) in [5.41, 5.74) is 10.5. The van der Waals surface area contributed by atoms with E-state index in [4.69, 9.17) is 14.5 Å². The Balaban J connectivity index is 2.32. The van der Waals surface area contributed by atoms with E-state index in [9.17, 15) is 18.3 Å². The number of nitrogens with zero attached hydrogens (tertiary/aromatic N) is 4. The Hall–Kier alpha value is -2.75. The van der Waals surface area contributed by atoms with E-state index in [2.05, 4.69) is 10.0 Å². The Kier molecular flexibility index (Phi) is 4.77. The first-order valence-corrected chi connectivity index (χ1v) is 9.94. The number of ether oxygens (including phenoxy) is 1. The maximum Gasteiger partial charge on any atom is 0.340 e. The van der Waals surface area contributed by atoms with Crippen LogP contribution >= 0.6 is 0 Å². The number of aromatic hydroxyl groups is 1. The van der Waals surface area contributed by atoms with Gasteiger partial charge in [0.2, 0.25) is 0 Å². The van der Waals surface area contributed by atoms with E-state index in [-0.39, 0.29) is 35.5 Å². The number of fused-ring (bicyclic) bond motifs is 3. The standard InChI is InChI=1S/C16H18N4O6S/c1-4-25-16(22)13-12-9(5-8(2)6-10(12)21)20-7-11(26-27(3,23)24)14(15(13)20)18-19-17/h5-6,11,14,21H,4,7H2,1-3H3/t11-,14+/m1/s1. The predicted octanol–water partition coefficient (Wildman–Crippen LogP) is 2.54. The molecule has 1 aliphatic rings. The van der Waals surface area contributed by atoms with Crippen LogP contribution < -0.4 is 0 Å². The number of aryl methyl sites for hydroxylation is 1. The van der Waals surface area contributed by atoms with Gasteiger partial charge in [-0.1, -0.05) is 5.11 Å². The third kappa shape index (κ3) is 3.32. The number of carbonyl (C=O) groups is 1. The quantitative estimate of drug-likeness (QED) is 0.271. The van der Waals surface area contributed by atoms with Crippen LogP contribution in [0.3, 0.4) is 0 Å². The predicted molar refractivity (Wildman–Crippen MR) is 95.9 cm³/mol. The van der Waals surface area contributed by atoms with E-state index in [1.165, 1.54) is 6.07 Å². The Morgan fingerprint density at radius 2 is 2.19 bits per heavy atom. The summed E-state index contributed by atoms with van der Waals surface area (Å²) in [6, 6.07) is 2.18. The molecule has 1 aliphatic heterocycles. The SMILES string of the molecule is CCOC(=O)c1c2n(c3cc(C)cc(O)c13)C[C@@H](OS(C)(=O)=O)[C@@H]2N=[N+]=[N-]. The molecule has 144 valence electrons. The van der Waals surface area contributed by atoms with Crippen LogP contribution in [0.4, 0.5) is 0 Å². The average Bonchev–Trinajstić information content (AvgIpc) is 3.02. The molecule has 0 aliphatic carbocycles. The van der Waals surface area contributed by atoms with Crippen LogP contribution in [0.2, 0.25) is 0 Å². The lowest BCUT2D eigenvalue weighted by Crippen LogP contribution is -2.22. The zero-order chi connectivity index (χ0) is 19.9. The van der Waals surface area contributed by atoms with E-state index < -0.39 is 28.2 Å². The number of hydrogen-bond acceptors (Lipinski definition) is 7. The highest BCUT2D eigenvalue weighted by molar-refractivity contribution is 7.86. The molecular formula is C16H18N4O6S. The highest BCUT2D eigenvalue weighted by atomic mass is 32.2. The third-order valence-electron chi connectivity index (χ3n) is 4.28. The highest BCUT2D eigenvalue weighted by Crippen LogP contribution is 2.44. The van der Waals surface area contributed by atoms with Crippen LogP contribution in [0.15, 0.2) is 17.2 Å². The summed E-state index contributed by atoms with van der Waals surface area (Å²) in [5.74, 6) is -0.816. The third-order valence-corrected chi connectivity index (χ3v) is 4.87. The molecule has 27 heavy (non-hydrogen) atoms. The molecule has 0 saturated carbocycles. The normalized spacial score (nSPS) is 18.9. The largest absolute Gasteiger partial charge is 0.507 e. The number of benzene rings is 1. The Labute approximate surface area is 155 Å². The van der Waals surface area contributed by atoms with Crippen LogP contribution in [-0.2, 0) is 25.6 Å². The van der Waals surface area contributed by atoms with Gasteiger partial charge in [0.1, 0.15) is 17.9 Å². The summed E-state index contributed by atoms with van der Waals surface area (Å²) in [4.78, 5) is 15.4. The van der Waals surface area contributed by atoms with Crippen molar-refractivity contribution in [3.8, 4) is 5.75 Å². The fraction of sp³-hybridized carbons (Fsp3) is 0.438. The van der Waals surface area contributed by atoms with Gasteiger partial charge in [-0.05, 0) is 37.1 Å². The summed E-state index contributed by atoms with van der Waals surface area (Å²) in [6.07, 6.45) is -0.111. The Morgan fingerprint density at radius 1 is 1.48 bits per heavy atom. The lowest BCUT2D eigenvalue weighted by atomic mass is 10.0. The molecule has 11 heteroatoms. The van der Waals surface area contributed by atoms with Crippen molar-refractivity contribution < 1.29 is 27.2 Å². The molecule has 10 nitrogen and oxygen atoms in total. The van der Waals surface area contributed by atoms with E-state index in [1.807, 2.05) is 0 Å². The van der Waals surface area contributed by atoms with Crippen molar-refractivity contribution in [1.29, 1.82) is 0 Å². The molecule has 0 fully saturated rings. The van der Waals surface area contributed by atoms with Crippen molar-refractivity contribution in [3.05, 3.63) is 39.4 Å². The van der Waals surface area contributed by atoms with Gasteiger partial charge in [-0.25, -0.2) is 4.79 Å². The minimum absolute atomic E-state index is 0.0326. The number of carbonyl (C=O) groups excluding carboxylic acids is 1. The Morgan fingerprint density at radius 3 is 2.78 bits per heavy atom. The second kappa shape index (κ2) is 6.76. The fourth-order valence-electron chi connectivity index (χ4n) is 3.47. The van der Waals surface area contributed by atoms with Gasteiger partial charge in [0.25, 0.3) is 10.1 Å². The average molecular weight is 394 g/mol. The number of esters is 1. The number of rotatable bonds is 5. The van der Waals surface area contributed by atoms with Crippen molar-refractivity contribution >= 4 is 27.0 Å². The number of hydrogen-bond donors (Lipinski definition) is 1. The van der Waals surface area contributed by atoms with Gasteiger partial charge in [0.05, 0.1) is 35.9 Å². The molecule has 1 aromatic heterocycles. The lowest BCUT2D eigenvalue weighted by molar-refractivity contribution is 0.0526. The number of aromatic nitrogens is 1. The van der Waals surface area contributed by atoms with Crippen molar-refractivity contribution in [2.24, 2.45) is 5.11 Å². The van der Waals surface area contributed by atoms with Crippen LogP contribution in [0.1, 0.15) is 34.6 Å². The molecule has 1 N–H and O–H groups in total. The molecular weight excluding hydrogens is 376 g/mol. The molecule has 2 atom stereocenters. The van der Waals surface area contributed by atoms with Crippen LogP contribution in [0.5, 0.6) is 5.75 Å². The molecule has 2 aromatic rings. The van der Waals surface area contributed by atoms with Gasteiger partial charge in [0, 0.05) is 10.6 Å². The molecule has 3 rings (SSSR count). The number of phenolic OH excluding ortho intramolecular Hbond substituents is 1. The molecule has 0 spiro atoms. The summed E-state index contributed by atoms with van der Waals surface area (Å²) in [6.45, 7) is 3.55. The zero-order valence-electron chi connectivity index (χ0n) is 14.9. The molecule has 0 amide bonds. The second-order valence-electron chi connectivity index (χ2n) is 6.26. The molecule has 1 aromatic carbocycles. The van der Waals surface area contributed by atoms with Crippen molar-refractivity contribution in [2.75, 3.05) is 12.9 Å². The van der Waals surface area contributed by atoms with E-state index in [1.54, 1.807) is 24.5 Å². The monoisotopic (exact) mass is 394 g/mol. The van der Waals surface area contributed by atoms with Crippen LogP contribution in [0, 0.1) is 6.92 Å². The van der Waals surface area contributed by atoms with Crippen LogP contribution in [-0.4, -0.2) is 43.0 Å². The Bertz CT molecular complexity index is 1080. The van der Waals surface area contributed by atoms with E-state index in [0.29, 0.717) is 5.52 Å². The first kappa shape index (κ1) is 19.0.